The van der Waals surface area contributed by atoms with Gasteiger partial charge in [0.2, 0.25) is 5.91 Å². The van der Waals surface area contributed by atoms with Gasteiger partial charge in [-0.15, -0.1) is 0 Å². The highest BCUT2D eigenvalue weighted by Gasteiger charge is 2.57. The summed E-state index contributed by atoms with van der Waals surface area (Å²) in [4.78, 5) is 11.4. The summed E-state index contributed by atoms with van der Waals surface area (Å²) in [6, 6.07) is 0. The molecule has 0 saturated carbocycles. The van der Waals surface area contributed by atoms with Crippen LogP contribution < -0.4 is 5.32 Å². The van der Waals surface area contributed by atoms with E-state index in [1.165, 1.54) is 0 Å². The lowest BCUT2D eigenvalue weighted by Crippen LogP contribution is -2.73. The van der Waals surface area contributed by atoms with E-state index in [4.69, 9.17) is 0 Å². The molecule has 2 unspecified atom stereocenters. The number of nitrogens with one attached hydrogen (secondary N) is 1. The molecule has 0 bridgehead atoms. The molecule has 0 aliphatic carbocycles. The Morgan fingerprint density at radius 1 is 1.33 bits per heavy atom. The molecule has 1 N–H and O–H groups in total. The van der Waals surface area contributed by atoms with Crippen molar-refractivity contribution in [1.29, 1.82) is 0 Å². The summed E-state index contributed by atoms with van der Waals surface area (Å²) in [6.07, 6.45) is 3.16. The molecule has 1 heterocycles. The molecule has 0 radical (unpaired) electrons. The van der Waals surface area contributed by atoms with Crippen molar-refractivity contribution in [2.24, 2.45) is 5.41 Å². The highest BCUT2D eigenvalue weighted by Crippen LogP contribution is 2.45. The molecule has 2 nitrogen and oxygen atoms in total. The zero-order valence-electron chi connectivity index (χ0n) is 8.53. The van der Waals surface area contributed by atoms with Crippen LogP contribution in [0.5, 0.6) is 0 Å². The Balaban J connectivity index is 2.76. The summed E-state index contributed by atoms with van der Waals surface area (Å²) in [6.45, 7) is 8.47. The van der Waals surface area contributed by atoms with E-state index in [0.29, 0.717) is 0 Å². The summed E-state index contributed by atoms with van der Waals surface area (Å²) in [7, 11) is 0. The van der Waals surface area contributed by atoms with Crippen molar-refractivity contribution >= 4 is 5.91 Å². The van der Waals surface area contributed by atoms with Crippen LogP contribution in [0.15, 0.2) is 0 Å². The van der Waals surface area contributed by atoms with Gasteiger partial charge in [0.15, 0.2) is 0 Å². The topological polar surface area (TPSA) is 29.1 Å². The van der Waals surface area contributed by atoms with E-state index in [-0.39, 0.29) is 16.9 Å². The third kappa shape index (κ3) is 0.970. The molecule has 2 heteroatoms. The van der Waals surface area contributed by atoms with Crippen LogP contribution in [-0.4, -0.2) is 11.4 Å². The first-order valence-electron chi connectivity index (χ1n) is 4.83. The maximum absolute atomic E-state index is 11.4. The Morgan fingerprint density at radius 3 is 2.25 bits per heavy atom. The van der Waals surface area contributed by atoms with Crippen molar-refractivity contribution in [3.8, 4) is 0 Å². The molecule has 0 aromatic heterocycles. The summed E-state index contributed by atoms with van der Waals surface area (Å²) < 4.78 is 0. The van der Waals surface area contributed by atoms with E-state index in [1.807, 2.05) is 0 Å². The fourth-order valence-electron chi connectivity index (χ4n) is 2.10. The van der Waals surface area contributed by atoms with E-state index in [1.54, 1.807) is 0 Å². The molecule has 1 aliphatic rings. The van der Waals surface area contributed by atoms with Crippen molar-refractivity contribution in [3.63, 3.8) is 0 Å². The molecule has 70 valence electrons. The molecular formula is C10H19NO. The van der Waals surface area contributed by atoms with Gasteiger partial charge in [-0.25, -0.2) is 0 Å². The minimum atomic E-state index is -0.122. The quantitative estimate of drug-likeness (QED) is 0.644. The molecular weight excluding hydrogens is 150 g/mol. The van der Waals surface area contributed by atoms with Crippen molar-refractivity contribution in [1.82, 2.24) is 5.32 Å². The first-order valence-corrected chi connectivity index (χ1v) is 4.83. The number of amides is 1. The van der Waals surface area contributed by atoms with E-state index >= 15 is 0 Å². The second-order valence-corrected chi connectivity index (χ2v) is 4.22. The second-order valence-electron chi connectivity index (χ2n) is 4.22. The first kappa shape index (κ1) is 9.56. The Hall–Kier alpha value is -0.530. The van der Waals surface area contributed by atoms with Crippen molar-refractivity contribution in [3.05, 3.63) is 0 Å². The van der Waals surface area contributed by atoms with Gasteiger partial charge in [-0.2, -0.15) is 0 Å². The number of carbonyl (C=O) groups is 1. The fraction of sp³-hybridized carbons (Fsp3) is 0.900. The van der Waals surface area contributed by atoms with Crippen LogP contribution >= 0.6 is 0 Å². The lowest BCUT2D eigenvalue weighted by Gasteiger charge is -2.55. The Morgan fingerprint density at radius 2 is 1.92 bits per heavy atom. The molecule has 12 heavy (non-hydrogen) atoms. The van der Waals surface area contributed by atoms with Gasteiger partial charge in [0.05, 0.1) is 11.0 Å². The van der Waals surface area contributed by atoms with E-state index in [9.17, 15) is 4.79 Å². The predicted octanol–water partition coefficient (Wildman–Crippen LogP) is 2.09. The average Bonchev–Trinajstić information content (AvgIpc) is 2.03. The van der Waals surface area contributed by atoms with Gasteiger partial charge in [0.25, 0.3) is 0 Å². The molecule has 1 aliphatic heterocycles. The number of hydrogen-bond acceptors (Lipinski definition) is 1. The van der Waals surface area contributed by atoms with Gasteiger partial charge in [-0.1, -0.05) is 20.3 Å². The van der Waals surface area contributed by atoms with Crippen LogP contribution in [0.3, 0.4) is 0 Å². The van der Waals surface area contributed by atoms with Gasteiger partial charge in [0, 0.05) is 0 Å². The average molecular weight is 169 g/mol. The number of rotatable bonds is 3. The first-order chi connectivity index (χ1) is 5.50. The van der Waals surface area contributed by atoms with E-state index in [2.05, 4.69) is 33.0 Å². The van der Waals surface area contributed by atoms with E-state index in [0.717, 1.165) is 19.3 Å². The minimum Gasteiger partial charge on any atom is -0.349 e. The molecule has 0 aromatic rings. The van der Waals surface area contributed by atoms with Crippen LogP contribution in [0.25, 0.3) is 0 Å². The van der Waals surface area contributed by atoms with Crippen molar-refractivity contribution in [2.75, 3.05) is 0 Å². The van der Waals surface area contributed by atoms with Crippen LogP contribution in [0.1, 0.15) is 47.0 Å². The molecule has 2 atom stereocenters. The Labute approximate surface area is 74.7 Å². The largest absolute Gasteiger partial charge is 0.349 e. The van der Waals surface area contributed by atoms with E-state index < -0.39 is 0 Å². The highest BCUT2D eigenvalue weighted by atomic mass is 16.2. The summed E-state index contributed by atoms with van der Waals surface area (Å²) in [5.74, 6) is 0.223. The molecule has 0 spiro atoms. The van der Waals surface area contributed by atoms with Gasteiger partial charge in [0.1, 0.15) is 0 Å². The summed E-state index contributed by atoms with van der Waals surface area (Å²) in [5, 5.41) is 3.02. The summed E-state index contributed by atoms with van der Waals surface area (Å²) >= 11 is 0. The van der Waals surface area contributed by atoms with Crippen LogP contribution in [-0.2, 0) is 4.79 Å². The lowest BCUT2D eigenvalue weighted by atomic mass is 9.61. The van der Waals surface area contributed by atoms with Crippen LogP contribution in [0.2, 0.25) is 0 Å². The Bertz CT molecular complexity index is 202. The molecule has 1 rings (SSSR count). The standard InChI is InChI=1S/C10H19NO/c1-5-7-10(4)9(3,6-2)8(12)11-10/h5-7H2,1-4H3,(H,11,12). The third-order valence-electron chi connectivity index (χ3n) is 3.57. The molecule has 1 fully saturated rings. The molecule has 0 aromatic carbocycles. The SMILES string of the molecule is CCCC1(C)NC(=O)C1(C)CC. The van der Waals surface area contributed by atoms with Crippen molar-refractivity contribution < 1.29 is 4.79 Å². The smallest absolute Gasteiger partial charge is 0.228 e. The lowest BCUT2D eigenvalue weighted by molar-refractivity contribution is -0.154. The summed E-state index contributed by atoms with van der Waals surface area (Å²) in [5.41, 5.74) is -0.0728. The predicted molar refractivity (Wildman–Crippen MR) is 49.9 cm³/mol. The number of carbonyl (C=O) groups excluding carboxylic acids is 1. The van der Waals surface area contributed by atoms with Crippen molar-refractivity contribution in [2.45, 2.75) is 52.5 Å². The second kappa shape index (κ2) is 2.75. The highest BCUT2D eigenvalue weighted by molar-refractivity contribution is 5.91. The van der Waals surface area contributed by atoms with Crippen LogP contribution in [0.4, 0.5) is 0 Å². The van der Waals surface area contributed by atoms with Crippen LogP contribution in [0, 0.1) is 5.41 Å². The minimum absolute atomic E-state index is 0.0492. The Kier molecular flexibility index (Phi) is 2.19. The maximum atomic E-state index is 11.4. The van der Waals surface area contributed by atoms with Gasteiger partial charge >= 0.3 is 0 Å². The number of hydrogen-bond donors (Lipinski definition) is 1. The maximum Gasteiger partial charge on any atom is 0.228 e. The zero-order chi connectivity index (χ0) is 9.41. The van der Waals surface area contributed by atoms with Gasteiger partial charge in [-0.3, -0.25) is 4.79 Å². The zero-order valence-corrected chi connectivity index (χ0v) is 8.53. The normalized spacial score (nSPS) is 40.5. The fourth-order valence-corrected chi connectivity index (χ4v) is 2.10. The molecule has 1 amide bonds. The number of β-lactam (4-membered cyclic amide) rings is 1. The van der Waals surface area contributed by atoms with Gasteiger partial charge in [-0.05, 0) is 26.7 Å². The molecule has 1 saturated heterocycles. The monoisotopic (exact) mass is 169 g/mol. The van der Waals surface area contributed by atoms with Gasteiger partial charge < -0.3 is 5.32 Å². The third-order valence-corrected chi connectivity index (χ3v) is 3.57.